The molecule has 0 bridgehead atoms. The van der Waals surface area contributed by atoms with Crippen LogP contribution in [0.15, 0.2) is 85.1 Å². The van der Waals surface area contributed by atoms with Crippen molar-refractivity contribution < 1.29 is 15.0 Å². The van der Waals surface area contributed by atoms with Crippen LogP contribution < -0.4 is 5.32 Å². The smallest absolute Gasteiger partial charge is 0.220 e. The fraction of sp³-hybridized carbons (Fsp3) is 0.722. The number of carbonyl (C=O) groups is 1. The number of hydrogen-bond donors (Lipinski definition) is 3. The maximum atomic E-state index is 12.4. The van der Waals surface area contributed by atoms with Crippen molar-refractivity contribution in [2.45, 2.75) is 244 Å². The van der Waals surface area contributed by atoms with Gasteiger partial charge in [-0.05, 0) is 70.6 Å². The molecule has 2 atom stereocenters. The molecule has 0 saturated carbocycles. The highest BCUT2D eigenvalue weighted by Crippen LogP contribution is 2.15. The van der Waals surface area contributed by atoms with Crippen LogP contribution in [0.2, 0.25) is 0 Å². The summed E-state index contributed by atoms with van der Waals surface area (Å²) < 4.78 is 0. The molecule has 0 radical (unpaired) electrons. The molecule has 3 N–H and O–H groups in total. The second kappa shape index (κ2) is 48.9. The van der Waals surface area contributed by atoms with Crippen molar-refractivity contribution >= 4 is 5.91 Å². The molecule has 4 nitrogen and oxygen atoms in total. The molecule has 0 aromatic carbocycles. The molecule has 0 spiro atoms. The number of aliphatic hydroxyl groups excluding tert-OH is 2. The van der Waals surface area contributed by atoms with Crippen molar-refractivity contribution in [3.63, 3.8) is 0 Å². The van der Waals surface area contributed by atoms with E-state index in [0.29, 0.717) is 6.42 Å². The summed E-state index contributed by atoms with van der Waals surface area (Å²) in [6.07, 6.45) is 71.3. The minimum atomic E-state index is -0.845. The fourth-order valence-electron chi connectivity index (χ4n) is 7.12. The molecule has 0 fully saturated rings. The molecule has 0 aromatic rings. The molecule has 334 valence electrons. The quantitative estimate of drug-likeness (QED) is 0.0424. The highest BCUT2D eigenvalue weighted by atomic mass is 16.3. The third-order valence-electron chi connectivity index (χ3n) is 10.9. The molecule has 0 heterocycles. The van der Waals surface area contributed by atoms with Crippen LogP contribution in [0.1, 0.15) is 232 Å². The van der Waals surface area contributed by atoms with Gasteiger partial charge in [0, 0.05) is 6.42 Å². The third-order valence-corrected chi connectivity index (χ3v) is 10.9. The van der Waals surface area contributed by atoms with E-state index in [1.807, 2.05) is 6.08 Å². The van der Waals surface area contributed by atoms with Crippen molar-refractivity contribution in [3.8, 4) is 0 Å². The van der Waals surface area contributed by atoms with Gasteiger partial charge in [0.25, 0.3) is 0 Å². The molecule has 0 aromatic heterocycles. The van der Waals surface area contributed by atoms with Gasteiger partial charge in [-0.3, -0.25) is 4.79 Å². The minimum absolute atomic E-state index is 0.0714. The Balaban J connectivity index is 3.59. The molecule has 58 heavy (non-hydrogen) atoms. The van der Waals surface area contributed by atoms with Crippen LogP contribution in [-0.4, -0.2) is 34.9 Å². The fourth-order valence-corrected chi connectivity index (χ4v) is 7.12. The van der Waals surface area contributed by atoms with Gasteiger partial charge in [-0.25, -0.2) is 0 Å². The number of nitrogens with one attached hydrogen (secondary N) is 1. The van der Waals surface area contributed by atoms with Gasteiger partial charge in [-0.1, -0.05) is 240 Å². The Bertz CT molecular complexity index is 1050. The Kier molecular flexibility index (Phi) is 46.9. The van der Waals surface area contributed by atoms with E-state index in [1.54, 1.807) is 6.08 Å². The van der Waals surface area contributed by atoms with Gasteiger partial charge >= 0.3 is 0 Å². The Morgan fingerprint density at radius 3 is 1.14 bits per heavy atom. The zero-order valence-electron chi connectivity index (χ0n) is 38.3. The molecule has 4 heteroatoms. The van der Waals surface area contributed by atoms with Crippen LogP contribution in [0.5, 0.6) is 0 Å². The van der Waals surface area contributed by atoms with Crippen LogP contribution >= 0.6 is 0 Å². The number of unbranched alkanes of at least 4 members (excludes halogenated alkanes) is 25. The van der Waals surface area contributed by atoms with Gasteiger partial charge in [0.1, 0.15) is 0 Å². The lowest BCUT2D eigenvalue weighted by atomic mass is 10.0. The summed E-state index contributed by atoms with van der Waals surface area (Å²) in [6, 6.07) is -0.629. The van der Waals surface area contributed by atoms with Crippen LogP contribution in [0, 0.1) is 0 Å². The van der Waals surface area contributed by atoms with Crippen molar-refractivity contribution in [1.82, 2.24) is 5.32 Å². The molecule has 2 unspecified atom stereocenters. The Labute approximate surface area is 361 Å². The second-order valence-corrected chi connectivity index (χ2v) is 16.5. The first kappa shape index (κ1) is 55.6. The van der Waals surface area contributed by atoms with E-state index in [2.05, 4.69) is 92.1 Å². The first-order valence-corrected chi connectivity index (χ1v) is 24.8. The number of carbonyl (C=O) groups excluding carboxylic acids is 1. The number of amides is 1. The van der Waals surface area contributed by atoms with Crippen molar-refractivity contribution in [3.05, 3.63) is 85.1 Å². The van der Waals surface area contributed by atoms with Crippen LogP contribution in [0.25, 0.3) is 0 Å². The molecular weight excluding hydrogens is 711 g/mol. The largest absolute Gasteiger partial charge is 0.394 e. The summed E-state index contributed by atoms with van der Waals surface area (Å²) in [7, 11) is 0. The average Bonchev–Trinajstić information content (AvgIpc) is 3.23. The molecule has 1 amide bonds. The number of allylic oxidation sites excluding steroid dienone is 13. The SMILES string of the molecule is CC/C=C\C/C=C\C/C=C\C/C=C\C/C=C\C/C=C\CCCCCCCCCCCCC(=O)NC(CO)C(O)/C=C/CCCCCCCCCCCCCCCCC. The monoisotopic (exact) mass is 806 g/mol. The Morgan fingerprint density at radius 2 is 0.759 bits per heavy atom. The highest BCUT2D eigenvalue weighted by molar-refractivity contribution is 5.76. The predicted molar refractivity (Wildman–Crippen MR) is 257 cm³/mol. The maximum absolute atomic E-state index is 12.4. The zero-order chi connectivity index (χ0) is 42.1. The topological polar surface area (TPSA) is 69.6 Å². The van der Waals surface area contributed by atoms with E-state index in [0.717, 1.165) is 64.2 Å². The minimum Gasteiger partial charge on any atom is -0.394 e. The van der Waals surface area contributed by atoms with Gasteiger partial charge in [0.2, 0.25) is 5.91 Å². The van der Waals surface area contributed by atoms with Crippen molar-refractivity contribution in [2.75, 3.05) is 6.61 Å². The summed E-state index contributed by atoms with van der Waals surface area (Å²) in [5, 5.41) is 23.1. The van der Waals surface area contributed by atoms with Crippen LogP contribution in [0.3, 0.4) is 0 Å². The van der Waals surface area contributed by atoms with Crippen molar-refractivity contribution in [2.24, 2.45) is 0 Å². The van der Waals surface area contributed by atoms with Gasteiger partial charge in [0.15, 0.2) is 0 Å². The standard InChI is InChI=1S/C54H95NO3/c1-3-5-7-9-11-13-15-17-19-21-22-23-24-25-26-27-28-29-30-31-32-34-36-38-40-42-44-46-48-50-54(58)55-52(51-56)53(57)49-47-45-43-41-39-37-35-33-20-18-16-14-12-10-8-6-4-2/h5,7,11,13,17,19,22-23,25-26,28-29,47,49,52-53,56-57H,3-4,6,8-10,12,14-16,18,20-21,24,27,30-46,48,50-51H2,1-2H3,(H,55,58)/b7-5-,13-11-,19-17-,23-22-,26-25-,29-28-,49-47+. The number of rotatable bonds is 44. The molecular formula is C54H95NO3. The first-order valence-electron chi connectivity index (χ1n) is 24.8. The Morgan fingerprint density at radius 1 is 0.431 bits per heavy atom. The molecule has 0 rings (SSSR count). The number of hydrogen-bond acceptors (Lipinski definition) is 3. The van der Waals surface area contributed by atoms with Crippen molar-refractivity contribution in [1.29, 1.82) is 0 Å². The summed E-state index contributed by atoms with van der Waals surface area (Å²) in [4.78, 5) is 12.4. The second-order valence-electron chi connectivity index (χ2n) is 16.5. The van der Waals surface area contributed by atoms with E-state index in [4.69, 9.17) is 0 Å². The Hall–Kier alpha value is -2.43. The average molecular weight is 806 g/mol. The summed E-state index contributed by atoms with van der Waals surface area (Å²) >= 11 is 0. The maximum Gasteiger partial charge on any atom is 0.220 e. The summed E-state index contributed by atoms with van der Waals surface area (Å²) in [5.41, 5.74) is 0. The number of aliphatic hydroxyl groups is 2. The molecule has 0 saturated heterocycles. The van der Waals surface area contributed by atoms with Crippen LogP contribution in [0.4, 0.5) is 0 Å². The third kappa shape index (κ3) is 44.7. The van der Waals surface area contributed by atoms with E-state index in [-0.39, 0.29) is 12.5 Å². The molecule has 0 aliphatic rings. The summed E-state index contributed by atoms with van der Waals surface area (Å²) in [6.45, 7) is 4.20. The van der Waals surface area contributed by atoms with E-state index >= 15 is 0 Å². The van der Waals surface area contributed by atoms with E-state index in [1.165, 1.54) is 148 Å². The lowest BCUT2D eigenvalue weighted by Gasteiger charge is -2.20. The zero-order valence-corrected chi connectivity index (χ0v) is 38.3. The lowest BCUT2D eigenvalue weighted by Crippen LogP contribution is -2.45. The van der Waals surface area contributed by atoms with E-state index in [9.17, 15) is 15.0 Å². The molecule has 0 aliphatic heterocycles. The van der Waals surface area contributed by atoms with Crippen LogP contribution in [-0.2, 0) is 4.79 Å². The normalized spacial score (nSPS) is 13.7. The van der Waals surface area contributed by atoms with Gasteiger partial charge < -0.3 is 15.5 Å². The molecule has 0 aliphatic carbocycles. The first-order chi connectivity index (χ1) is 28.7. The van der Waals surface area contributed by atoms with Gasteiger partial charge in [-0.15, -0.1) is 0 Å². The van der Waals surface area contributed by atoms with Gasteiger partial charge in [-0.2, -0.15) is 0 Å². The van der Waals surface area contributed by atoms with E-state index < -0.39 is 12.1 Å². The highest BCUT2D eigenvalue weighted by Gasteiger charge is 2.17. The van der Waals surface area contributed by atoms with Gasteiger partial charge in [0.05, 0.1) is 18.8 Å². The summed E-state index contributed by atoms with van der Waals surface area (Å²) in [5.74, 6) is -0.0714. The lowest BCUT2D eigenvalue weighted by molar-refractivity contribution is -0.123. The predicted octanol–water partition coefficient (Wildman–Crippen LogP) is 16.0.